The maximum Gasteiger partial charge on any atom is 0.376 e. The predicted octanol–water partition coefficient (Wildman–Crippen LogP) is 2.59. The predicted molar refractivity (Wildman–Crippen MR) is 73.7 cm³/mol. The van der Waals surface area contributed by atoms with Crippen LogP contribution < -0.4 is 4.74 Å². The van der Waals surface area contributed by atoms with Crippen LogP contribution in [0.4, 0.5) is 8.78 Å². The summed E-state index contributed by atoms with van der Waals surface area (Å²) >= 11 is 0. The Hall–Kier alpha value is -2.18. The van der Waals surface area contributed by atoms with E-state index < -0.39 is 24.3 Å². The molecule has 0 spiro atoms. The maximum absolute atomic E-state index is 13.3. The molecule has 1 aromatic carbocycles. The van der Waals surface area contributed by atoms with Crippen LogP contribution in [0.1, 0.15) is 19.8 Å². The van der Waals surface area contributed by atoms with Gasteiger partial charge in [0.1, 0.15) is 5.75 Å². The Morgan fingerprint density at radius 1 is 1.14 bits per heavy atom. The largest absolute Gasteiger partial charge is 0.482 e. The van der Waals surface area contributed by atoms with Crippen molar-refractivity contribution in [3.05, 3.63) is 30.3 Å². The molecule has 1 rings (SSSR count). The molecule has 0 saturated heterocycles. The fourth-order valence-electron chi connectivity index (χ4n) is 1.52. The third kappa shape index (κ3) is 6.51. The lowest BCUT2D eigenvalue weighted by Crippen LogP contribution is -2.31. The third-order valence-corrected chi connectivity index (χ3v) is 2.57. The van der Waals surface area contributed by atoms with E-state index in [1.807, 2.05) is 0 Å². The highest BCUT2D eigenvalue weighted by Crippen LogP contribution is 2.22. The first-order chi connectivity index (χ1) is 10.5. The van der Waals surface area contributed by atoms with E-state index in [2.05, 4.69) is 4.74 Å². The van der Waals surface area contributed by atoms with Gasteiger partial charge in [0.15, 0.2) is 6.61 Å². The lowest BCUT2D eigenvalue weighted by Gasteiger charge is -2.14. The summed E-state index contributed by atoms with van der Waals surface area (Å²) in [7, 11) is 0. The van der Waals surface area contributed by atoms with Gasteiger partial charge < -0.3 is 14.2 Å². The zero-order chi connectivity index (χ0) is 16.4. The maximum atomic E-state index is 13.3. The first kappa shape index (κ1) is 17.9. The summed E-state index contributed by atoms with van der Waals surface area (Å²) in [5, 5.41) is 0. The fourth-order valence-corrected chi connectivity index (χ4v) is 1.52. The highest BCUT2D eigenvalue weighted by Gasteiger charge is 2.39. The van der Waals surface area contributed by atoms with Crippen LogP contribution in [0.25, 0.3) is 0 Å². The summed E-state index contributed by atoms with van der Waals surface area (Å²) < 4.78 is 40.7. The molecule has 0 saturated carbocycles. The Morgan fingerprint density at radius 3 is 2.45 bits per heavy atom. The highest BCUT2D eigenvalue weighted by atomic mass is 19.3. The van der Waals surface area contributed by atoms with E-state index in [-0.39, 0.29) is 26.2 Å². The summed E-state index contributed by atoms with van der Waals surface area (Å²) in [6.45, 7) is 0.812. The molecular formula is C15H18F2O5. The molecule has 0 bridgehead atoms. The van der Waals surface area contributed by atoms with Crippen molar-refractivity contribution >= 4 is 11.9 Å². The lowest BCUT2D eigenvalue weighted by molar-refractivity contribution is -0.172. The number of carbonyl (C=O) groups excluding carboxylic acids is 2. The molecule has 0 atom stereocenters. The molecule has 0 amide bonds. The number of para-hydroxylation sites is 1. The van der Waals surface area contributed by atoms with Crippen LogP contribution in [-0.2, 0) is 19.1 Å². The Morgan fingerprint density at radius 2 is 1.82 bits per heavy atom. The van der Waals surface area contributed by atoms with Crippen LogP contribution in [-0.4, -0.2) is 37.7 Å². The summed E-state index contributed by atoms with van der Waals surface area (Å²) in [5.41, 5.74) is 0. The number of hydrogen-bond acceptors (Lipinski definition) is 5. The summed E-state index contributed by atoms with van der Waals surface area (Å²) in [6.07, 6.45) is -0.887. The molecule has 0 aliphatic heterocycles. The molecule has 1 aromatic rings. The second-order valence-corrected chi connectivity index (χ2v) is 4.35. The van der Waals surface area contributed by atoms with Gasteiger partial charge in [0.05, 0.1) is 13.2 Å². The monoisotopic (exact) mass is 316 g/mol. The number of alkyl halides is 2. The standard InChI is InChI=1S/C15H18F2O5/c1-2-20-14(19)15(16,17)9-6-10-21-13(18)11-22-12-7-4-3-5-8-12/h3-5,7-8H,2,6,9-11H2,1H3. The van der Waals surface area contributed by atoms with Crippen LogP contribution in [0.15, 0.2) is 30.3 Å². The molecule has 122 valence electrons. The van der Waals surface area contributed by atoms with Crippen molar-refractivity contribution in [1.82, 2.24) is 0 Å². The summed E-state index contributed by atoms with van der Waals surface area (Å²) in [5.74, 6) is -5.28. The van der Waals surface area contributed by atoms with Gasteiger partial charge in [-0.05, 0) is 25.5 Å². The van der Waals surface area contributed by atoms with Gasteiger partial charge in [-0.15, -0.1) is 0 Å². The molecular weight excluding hydrogens is 298 g/mol. The Kier molecular flexibility index (Phi) is 7.28. The van der Waals surface area contributed by atoms with Crippen LogP contribution in [0.5, 0.6) is 5.75 Å². The molecule has 0 N–H and O–H groups in total. The van der Waals surface area contributed by atoms with Crippen molar-refractivity contribution in [2.75, 3.05) is 19.8 Å². The minimum Gasteiger partial charge on any atom is -0.482 e. The van der Waals surface area contributed by atoms with Crippen molar-refractivity contribution in [2.45, 2.75) is 25.7 Å². The van der Waals surface area contributed by atoms with Crippen LogP contribution in [0, 0.1) is 0 Å². The number of hydrogen-bond donors (Lipinski definition) is 0. The Labute approximate surface area is 127 Å². The fraction of sp³-hybridized carbons (Fsp3) is 0.467. The average molecular weight is 316 g/mol. The minimum atomic E-state index is -3.57. The molecule has 22 heavy (non-hydrogen) atoms. The van der Waals surface area contributed by atoms with E-state index in [1.54, 1.807) is 30.3 Å². The van der Waals surface area contributed by atoms with Crippen molar-refractivity contribution < 1.29 is 32.6 Å². The number of benzene rings is 1. The van der Waals surface area contributed by atoms with Crippen molar-refractivity contribution in [1.29, 1.82) is 0 Å². The number of halogens is 2. The number of esters is 2. The second-order valence-electron chi connectivity index (χ2n) is 4.35. The van der Waals surface area contributed by atoms with E-state index in [4.69, 9.17) is 9.47 Å². The Bertz CT molecular complexity index is 476. The molecule has 0 aromatic heterocycles. The normalized spacial score (nSPS) is 10.9. The lowest BCUT2D eigenvalue weighted by atomic mass is 10.2. The molecule has 7 heteroatoms. The molecule has 0 heterocycles. The smallest absolute Gasteiger partial charge is 0.376 e. The first-order valence-corrected chi connectivity index (χ1v) is 6.84. The molecule has 0 aliphatic rings. The van der Waals surface area contributed by atoms with E-state index in [1.165, 1.54) is 6.92 Å². The molecule has 0 unspecified atom stereocenters. The van der Waals surface area contributed by atoms with Crippen molar-refractivity contribution in [2.24, 2.45) is 0 Å². The zero-order valence-electron chi connectivity index (χ0n) is 12.2. The molecule has 0 aliphatic carbocycles. The Balaban J connectivity index is 2.18. The van der Waals surface area contributed by atoms with Gasteiger partial charge in [-0.2, -0.15) is 8.78 Å². The SMILES string of the molecule is CCOC(=O)C(F)(F)CCCOC(=O)COc1ccccc1. The topological polar surface area (TPSA) is 61.8 Å². The molecule has 0 radical (unpaired) electrons. The van der Waals surface area contributed by atoms with E-state index >= 15 is 0 Å². The molecule has 5 nitrogen and oxygen atoms in total. The second kappa shape index (κ2) is 8.96. The van der Waals surface area contributed by atoms with E-state index in [9.17, 15) is 18.4 Å². The summed E-state index contributed by atoms with van der Waals surface area (Å²) in [6, 6.07) is 8.64. The number of ether oxygens (including phenoxy) is 3. The van der Waals surface area contributed by atoms with Gasteiger partial charge in [0.2, 0.25) is 0 Å². The van der Waals surface area contributed by atoms with Crippen molar-refractivity contribution in [3.8, 4) is 5.75 Å². The zero-order valence-corrected chi connectivity index (χ0v) is 12.2. The average Bonchev–Trinajstić information content (AvgIpc) is 2.51. The quantitative estimate of drug-likeness (QED) is 0.517. The highest BCUT2D eigenvalue weighted by molar-refractivity contribution is 5.77. The summed E-state index contributed by atoms with van der Waals surface area (Å²) in [4.78, 5) is 22.3. The molecule has 0 fully saturated rings. The number of rotatable bonds is 9. The van der Waals surface area contributed by atoms with Gasteiger partial charge in [0, 0.05) is 6.42 Å². The van der Waals surface area contributed by atoms with Crippen LogP contribution in [0.3, 0.4) is 0 Å². The van der Waals surface area contributed by atoms with Gasteiger partial charge in [0.25, 0.3) is 0 Å². The van der Waals surface area contributed by atoms with Crippen molar-refractivity contribution in [3.63, 3.8) is 0 Å². The van der Waals surface area contributed by atoms with Gasteiger partial charge in [-0.3, -0.25) is 0 Å². The minimum absolute atomic E-state index is 0.111. The van der Waals surface area contributed by atoms with E-state index in [0.717, 1.165) is 0 Å². The van der Waals surface area contributed by atoms with Crippen LogP contribution >= 0.6 is 0 Å². The number of carbonyl (C=O) groups is 2. The van der Waals surface area contributed by atoms with E-state index in [0.29, 0.717) is 5.75 Å². The van der Waals surface area contributed by atoms with Gasteiger partial charge >= 0.3 is 17.9 Å². The first-order valence-electron chi connectivity index (χ1n) is 6.84. The van der Waals surface area contributed by atoms with Gasteiger partial charge in [-0.1, -0.05) is 18.2 Å². The van der Waals surface area contributed by atoms with Crippen LogP contribution in [0.2, 0.25) is 0 Å². The van der Waals surface area contributed by atoms with Gasteiger partial charge in [-0.25, -0.2) is 9.59 Å². The third-order valence-electron chi connectivity index (χ3n) is 2.57.